The maximum Gasteiger partial charge on any atom is 0.489 e. The molecule has 0 fully saturated rings. The molecular weight excluding hydrogens is 185 g/mol. The third kappa shape index (κ3) is 2.04. The van der Waals surface area contributed by atoms with E-state index in [1.807, 2.05) is 0 Å². The highest BCUT2D eigenvalue weighted by Crippen LogP contribution is 2.05. The molecule has 5 nitrogen and oxygen atoms in total. The standard InChI is InChI=1S/C8H10BNO4/c1-14-8(11)6-3-2-5(10)4-7(6)9(12)13/h2-4,12-13H,10H2,1H3. The van der Waals surface area contributed by atoms with Crippen molar-refractivity contribution in [1.82, 2.24) is 0 Å². The molecule has 1 aromatic rings. The molecule has 0 radical (unpaired) electrons. The molecule has 0 unspecified atom stereocenters. The highest BCUT2D eigenvalue weighted by atomic mass is 16.5. The van der Waals surface area contributed by atoms with Gasteiger partial charge in [-0.3, -0.25) is 0 Å². The average Bonchev–Trinajstić information content (AvgIpc) is 2.16. The number of ether oxygens (including phenoxy) is 1. The van der Waals surface area contributed by atoms with Gasteiger partial charge in [-0.1, -0.05) is 0 Å². The second-order valence-corrected chi connectivity index (χ2v) is 2.71. The van der Waals surface area contributed by atoms with E-state index < -0.39 is 13.1 Å². The van der Waals surface area contributed by atoms with Crippen LogP contribution in [0.15, 0.2) is 18.2 Å². The zero-order valence-corrected chi connectivity index (χ0v) is 7.60. The summed E-state index contributed by atoms with van der Waals surface area (Å²) in [4.78, 5) is 11.2. The minimum absolute atomic E-state index is 0.0388. The quantitative estimate of drug-likeness (QED) is 0.311. The van der Waals surface area contributed by atoms with E-state index in [0.29, 0.717) is 5.69 Å². The second-order valence-electron chi connectivity index (χ2n) is 2.71. The third-order valence-electron chi connectivity index (χ3n) is 1.76. The molecule has 6 heteroatoms. The minimum atomic E-state index is -1.74. The largest absolute Gasteiger partial charge is 0.489 e. The van der Waals surface area contributed by atoms with E-state index in [2.05, 4.69) is 4.74 Å². The Hall–Kier alpha value is -1.53. The number of carbonyl (C=O) groups excluding carboxylic acids is 1. The molecular formula is C8H10BNO4. The first-order valence-corrected chi connectivity index (χ1v) is 3.90. The topological polar surface area (TPSA) is 92.8 Å². The molecule has 0 saturated carbocycles. The lowest BCUT2D eigenvalue weighted by molar-refractivity contribution is 0.0601. The molecule has 14 heavy (non-hydrogen) atoms. The Morgan fingerprint density at radius 3 is 2.64 bits per heavy atom. The molecule has 0 aliphatic rings. The van der Waals surface area contributed by atoms with E-state index >= 15 is 0 Å². The smallest absolute Gasteiger partial charge is 0.465 e. The second kappa shape index (κ2) is 4.12. The van der Waals surface area contributed by atoms with Gasteiger partial charge in [0.15, 0.2) is 0 Å². The van der Waals surface area contributed by atoms with Crippen LogP contribution in [-0.2, 0) is 4.74 Å². The van der Waals surface area contributed by atoms with Crippen molar-refractivity contribution in [3.05, 3.63) is 23.8 Å². The molecule has 1 rings (SSSR count). The lowest BCUT2D eigenvalue weighted by Crippen LogP contribution is -2.35. The first-order valence-electron chi connectivity index (χ1n) is 3.90. The zero-order chi connectivity index (χ0) is 10.7. The fourth-order valence-corrected chi connectivity index (χ4v) is 1.09. The monoisotopic (exact) mass is 195 g/mol. The van der Waals surface area contributed by atoms with Crippen molar-refractivity contribution in [3.8, 4) is 0 Å². The molecule has 1 aromatic carbocycles. The Morgan fingerprint density at radius 1 is 1.50 bits per heavy atom. The number of carbonyl (C=O) groups is 1. The predicted molar refractivity (Wildman–Crippen MR) is 52.0 cm³/mol. The summed E-state index contributed by atoms with van der Waals surface area (Å²) in [6.07, 6.45) is 0. The zero-order valence-electron chi connectivity index (χ0n) is 7.60. The number of methoxy groups -OCH3 is 1. The Kier molecular flexibility index (Phi) is 3.11. The number of hydrogen-bond acceptors (Lipinski definition) is 5. The van der Waals surface area contributed by atoms with E-state index in [9.17, 15) is 4.79 Å². The van der Waals surface area contributed by atoms with Crippen LogP contribution in [-0.4, -0.2) is 30.2 Å². The third-order valence-corrected chi connectivity index (χ3v) is 1.76. The van der Waals surface area contributed by atoms with Crippen LogP contribution in [0.2, 0.25) is 0 Å². The molecule has 0 aliphatic heterocycles. The van der Waals surface area contributed by atoms with Crippen LogP contribution in [0.1, 0.15) is 10.4 Å². The van der Waals surface area contributed by atoms with Gasteiger partial charge in [-0.05, 0) is 23.7 Å². The van der Waals surface area contributed by atoms with Crippen molar-refractivity contribution >= 4 is 24.2 Å². The normalized spacial score (nSPS) is 9.64. The highest BCUT2D eigenvalue weighted by molar-refractivity contribution is 6.60. The summed E-state index contributed by atoms with van der Waals surface area (Å²) in [6.45, 7) is 0. The van der Waals surface area contributed by atoms with Crippen LogP contribution >= 0.6 is 0 Å². The van der Waals surface area contributed by atoms with Gasteiger partial charge in [0, 0.05) is 5.69 Å². The summed E-state index contributed by atoms with van der Waals surface area (Å²) < 4.78 is 4.46. The summed E-state index contributed by atoms with van der Waals surface area (Å²) in [5.74, 6) is -0.631. The van der Waals surface area contributed by atoms with Gasteiger partial charge in [0.05, 0.1) is 12.7 Å². The molecule has 0 saturated heterocycles. The molecule has 0 heterocycles. The van der Waals surface area contributed by atoms with Crippen LogP contribution in [0, 0.1) is 0 Å². The maximum atomic E-state index is 11.2. The molecule has 4 N–H and O–H groups in total. The van der Waals surface area contributed by atoms with Crippen molar-refractivity contribution in [3.63, 3.8) is 0 Å². The summed E-state index contributed by atoms with van der Waals surface area (Å²) in [5.41, 5.74) is 5.91. The summed E-state index contributed by atoms with van der Waals surface area (Å²) >= 11 is 0. The summed E-state index contributed by atoms with van der Waals surface area (Å²) in [5, 5.41) is 17.9. The molecule has 0 atom stereocenters. The summed E-state index contributed by atoms with van der Waals surface area (Å²) in [7, 11) is -0.528. The number of benzene rings is 1. The molecule has 0 amide bonds. The van der Waals surface area contributed by atoms with Crippen LogP contribution in [0.4, 0.5) is 5.69 Å². The van der Waals surface area contributed by atoms with Gasteiger partial charge in [0.25, 0.3) is 0 Å². The minimum Gasteiger partial charge on any atom is -0.465 e. The van der Waals surface area contributed by atoms with Crippen molar-refractivity contribution in [2.45, 2.75) is 0 Å². The Balaban J connectivity index is 3.21. The van der Waals surface area contributed by atoms with Gasteiger partial charge in [0.2, 0.25) is 0 Å². The first kappa shape index (κ1) is 10.6. The van der Waals surface area contributed by atoms with Crippen molar-refractivity contribution in [2.24, 2.45) is 0 Å². The van der Waals surface area contributed by atoms with Gasteiger partial charge >= 0.3 is 13.1 Å². The number of nitrogens with two attached hydrogens (primary N) is 1. The van der Waals surface area contributed by atoms with Gasteiger partial charge < -0.3 is 20.5 Å². The van der Waals surface area contributed by atoms with Gasteiger partial charge in [-0.2, -0.15) is 0 Å². The van der Waals surface area contributed by atoms with E-state index in [0.717, 1.165) is 0 Å². The SMILES string of the molecule is COC(=O)c1ccc(N)cc1B(O)O. The van der Waals surface area contributed by atoms with Gasteiger partial charge in [0.1, 0.15) is 0 Å². The van der Waals surface area contributed by atoms with Crippen molar-refractivity contribution in [1.29, 1.82) is 0 Å². The van der Waals surface area contributed by atoms with Gasteiger partial charge in [-0.25, -0.2) is 4.79 Å². The lowest BCUT2D eigenvalue weighted by Gasteiger charge is -2.07. The average molecular weight is 195 g/mol. The predicted octanol–water partition coefficient (Wildman–Crippen LogP) is -1.26. The molecule has 0 bridgehead atoms. The van der Waals surface area contributed by atoms with E-state index in [1.54, 1.807) is 0 Å². The van der Waals surface area contributed by atoms with Crippen LogP contribution < -0.4 is 11.2 Å². The van der Waals surface area contributed by atoms with E-state index in [1.165, 1.54) is 25.3 Å². The highest BCUT2D eigenvalue weighted by Gasteiger charge is 2.20. The van der Waals surface area contributed by atoms with Gasteiger partial charge in [-0.15, -0.1) is 0 Å². The number of anilines is 1. The molecule has 0 aromatic heterocycles. The summed E-state index contributed by atoms with van der Waals surface area (Å²) in [6, 6.07) is 4.19. The number of rotatable bonds is 2. The first-order chi connectivity index (χ1) is 6.56. The number of esters is 1. The van der Waals surface area contributed by atoms with Crippen molar-refractivity contribution < 1.29 is 19.6 Å². The number of hydrogen-bond donors (Lipinski definition) is 3. The van der Waals surface area contributed by atoms with E-state index in [4.69, 9.17) is 15.8 Å². The van der Waals surface area contributed by atoms with E-state index in [-0.39, 0.29) is 11.0 Å². The lowest BCUT2D eigenvalue weighted by atomic mass is 9.77. The molecule has 74 valence electrons. The maximum absolute atomic E-state index is 11.2. The number of nitrogen functional groups attached to an aromatic ring is 1. The molecule has 0 spiro atoms. The van der Waals surface area contributed by atoms with Crippen LogP contribution in [0.25, 0.3) is 0 Å². The fraction of sp³-hybridized carbons (Fsp3) is 0.125. The Labute approximate surface area is 81.3 Å². The van der Waals surface area contributed by atoms with Crippen LogP contribution in [0.3, 0.4) is 0 Å². The Morgan fingerprint density at radius 2 is 2.14 bits per heavy atom. The molecule has 0 aliphatic carbocycles. The fourth-order valence-electron chi connectivity index (χ4n) is 1.09. The van der Waals surface area contributed by atoms with Crippen molar-refractivity contribution in [2.75, 3.05) is 12.8 Å². The Bertz CT molecular complexity index is 353. The van der Waals surface area contributed by atoms with Crippen LogP contribution in [0.5, 0.6) is 0 Å².